The molecule has 0 heterocycles. The van der Waals surface area contributed by atoms with Crippen molar-refractivity contribution < 1.29 is 14.3 Å². The molecule has 0 radical (unpaired) electrons. The smallest absolute Gasteiger partial charge is 0.338 e. The highest BCUT2D eigenvalue weighted by Crippen LogP contribution is 2.20. The summed E-state index contributed by atoms with van der Waals surface area (Å²) >= 11 is 0. The average Bonchev–Trinajstić information content (AvgIpc) is 3.15. The standard InChI is InChI=1S/C21H23NO3/c1-15(20(23)22-19-9-5-6-10-19)25-21(24)18-13-11-17(12-14-18)16-7-3-2-4-8-16/h2-4,7-8,11-15,19H,5-6,9-10H2,1H3,(H,22,23). The Balaban J connectivity index is 1.58. The Morgan fingerprint density at radius 2 is 1.56 bits per heavy atom. The number of carbonyl (C=O) groups is 2. The van der Waals surface area contributed by atoms with Gasteiger partial charge in [-0.05, 0) is 43.0 Å². The van der Waals surface area contributed by atoms with Crippen molar-refractivity contribution in [2.45, 2.75) is 44.8 Å². The van der Waals surface area contributed by atoms with Crippen LogP contribution in [0.2, 0.25) is 0 Å². The fraction of sp³-hybridized carbons (Fsp3) is 0.333. The Bertz CT molecular complexity index is 719. The van der Waals surface area contributed by atoms with E-state index in [-0.39, 0.29) is 11.9 Å². The number of ether oxygens (including phenoxy) is 1. The normalized spacial score (nSPS) is 15.6. The van der Waals surface area contributed by atoms with Crippen molar-refractivity contribution in [3.63, 3.8) is 0 Å². The van der Waals surface area contributed by atoms with E-state index in [9.17, 15) is 9.59 Å². The van der Waals surface area contributed by atoms with Gasteiger partial charge in [0.15, 0.2) is 6.10 Å². The second kappa shape index (κ2) is 7.97. The molecule has 1 saturated carbocycles. The minimum atomic E-state index is -0.790. The van der Waals surface area contributed by atoms with Crippen molar-refractivity contribution in [3.8, 4) is 11.1 Å². The molecule has 1 N–H and O–H groups in total. The van der Waals surface area contributed by atoms with E-state index >= 15 is 0 Å². The molecule has 4 heteroatoms. The Kier molecular flexibility index (Phi) is 5.49. The lowest BCUT2D eigenvalue weighted by atomic mass is 10.0. The highest BCUT2D eigenvalue weighted by Gasteiger charge is 2.23. The van der Waals surface area contributed by atoms with Crippen LogP contribution in [0.3, 0.4) is 0 Å². The van der Waals surface area contributed by atoms with E-state index in [1.54, 1.807) is 19.1 Å². The van der Waals surface area contributed by atoms with Crippen LogP contribution in [0.5, 0.6) is 0 Å². The van der Waals surface area contributed by atoms with Gasteiger partial charge in [-0.3, -0.25) is 4.79 Å². The molecule has 0 aliphatic heterocycles. The van der Waals surface area contributed by atoms with E-state index in [1.165, 1.54) is 0 Å². The minimum Gasteiger partial charge on any atom is -0.449 e. The van der Waals surface area contributed by atoms with Crippen molar-refractivity contribution >= 4 is 11.9 Å². The molecule has 1 fully saturated rings. The third-order valence-electron chi connectivity index (χ3n) is 4.58. The van der Waals surface area contributed by atoms with Gasteiger partial charge in [0.1, 0.15) is 0 Å². The average molecular weight is 337 g/mol. The zero-order chi connectivity index (χ0) is 17.6. The fourth-order valence-electron chi connectivity index (χ4n) is 3.10. The van der Waals surface area contributed by atoms with Crippen molar-refractivity contribution in [3.05, 3.63) is 60.2 Å². The van der Waals surface area contributed by atoms with Gasteiger partial charge in [-0.15, -0.1) is 0 Å². The summed E-state index contributed by atoms with van der Waals surface area (Å²) in [5, 5.41) is 2.95. The number of esters is 1. The molecule has 130 valence electrons. The maximum Gasteiger partial charge on any atom is 0.338 e. The Morgan fingerprint density at radius 1 is 0.960 bits per heavy atom. The van der Waals surface area contributed by atoms with Crippen LogP contribution in [0.25, 0.3) is 11.1 Å². The third kappa shape index (κ3) is 4.47. The van der Waals surface area contributed by atoms with E-state index in [4.69, 9.17) is 4.74 Å². The predicted octanol–water partition coefficient (Wildman–Crippen LogP) is 3.96. The molecular formula is C21H23NO3. The zero-order valence-corrected chi connectivity index (χ0v) is 14.4. The van der Waals surface area contributed by atoms with Gasteiger partial charge in [-0.1, -0.05) is 55.3 Å². The van der Waals surface area contributed by atoms with Crippen LogP contribution in [-0.4, -0.2) is 24.0 Å². The van der Waals surface area contributed by atoms with Crippen molar-refractivity contribution in [1.29, 1.82) is 0 Å². The largest absolute Gasteiger partial charge is 0.449 e. The maximum absolute atomic E-state index is 12.2. The summed E-state index contributed by atoms with van der Waals surface area (Å²) in [5.74, 6) is -0.699. The Labute approximate surface area is 148 Å². The van der Waals surface area contributed by atoms with Gasteiger partial charge in [0.2, 0.25) is 0 Å². The predicted molar refractivity (Wildman–Crippen MR) is 97.2 cm³/mol. The van der Waals surface area contributed by atoms with E-state index in [0.717, 1.165) is 36.8 Å². The molecule has 1 aliphatic rings. The summed E-state index contributed by atoms with van der Waals surface area (Å²) < 4.78 is 5.30. The summed E-state index contributed by atoms with van der Waals surface area (Å²) in [6, 6.07) is 17.4. The number of hydrogen-bond donors (Lipinski definition) is 1. The lowest BCUT2D eigenvalue weighted by Gasteiger charge is -2.17. The topological polar surface area (TPSA) is 55.4 Å². The van der Waals surface area contributed by atoms with Crippen LogP contribution in [0.4, 0.5) is 0 Å². The number of benzene rings is 2. The van der Waals surface area contributed by atoms with Gasteiger partial charge in [0, 0.05) is 6.04 Å². The Morgan fingerprint density at radius 3 is 2.20 bits per heavy atom. The molecular weight excluding hydrogens is 314 g/mol. The van der Waals surface area contributed by atoms with E-state index < -0.39 is 12.1 Å². The summed E-state index contributed by atoms with van der Waals surface area (Å²) in [4.78, 5) is 24.4. The molecule has 0 spiro atoms. The first-order chi connectivity index (χ1) is 12.1. The van der Waals surface area contributed by atoms with Gasteiger partial charge < -0.3 is 10.1 Å². The third-order valence-corrected chi connectivity index (χ3v) is 4.58. The highest BCUT2D eigenvalue weighted by atomic mass is 16.5. The second-order valence-electron chi connectivity index (χ2n) is 6.48. The maximum atomic E-state index is 12.2. The summed E-state index contributed by atoms with van der Waals surface area (Å²) in [5.41, 5.74) is 2.57. The molecule has 1 aliphatic carbocycles. The van der Waals surface area contributed by atoms with Gasteiger partial charge in [-0.25, -0.2) is 4.79 Å². The first kappa shape index (κ1) is 17.2. The van der Waals surface area contributed by atoms with Gasteiger partial charge in [-0.2, -0.15) is 0 Å². The van der Waals surface area contributed by atoms with E-state index in [0.29, 0.717) is 5.56 Å². The number of nitrogens with one attached hydrogen (secondary N) is 1. The first-order valence-electron chi connectivity index (χ1n) is 8.80. The number of rotatable bonds is 5. The van der Waals surface area contributed by atoms with Crippen LogP contribution in [0, 0.1) is 0 Å². The zero-order valence-electron chi connectivity index (χ0n) is 14.4. The summed E-state index contributed by atoms with van der Waals surface area (Å²) in [6.07, 6.45) is 3.52. The molecule has 1 unspecified atom stereocenters. The molecule has 1 atom stereocenters. The lowest BCUT2D eigenvalue weighted by Crippen LogP contribution is -2.40. The number of carbonyl (C=O) groups excluding carboxylic acids is 2. The van der Waals surface area contributed by atoms with Crippen LogP contribution in [-0.2, 0) is 9.53 Å². The minimum absolute atomic E-state index is 0.221. The van der Waals surface area contributed by atoms with Crippen molar-refractivity contribution in [2.24, 2.45) is 0 Å². The molecule has 3 rings (SSSR count). The molecule has 2 aromatic rings. The van der Waals surface area contributed by atoms with E-state index in [1.807, 2.05) is 42.5 Å². The fourth-order valence-corrected chi connectivity index (χ4v) is 3.10. The molecule has 0 aromatic heterocycles. The lowest BCUT2D eigenvalue weighted by molar-refractivity contribution is -0.129. The molecule has 4 nitrogen and oxygen atoms in total. The van der Waals surface area contributed by atoms with Gasteiger partial charge >= 0.3 is 5.97 Å². The SMILES string of the molecule is CC(OC(=O)c1ccc(-c2ccccc2)cc1)C(=O)NC1CCCC1. The van der Waals surface area contributed by atoms with Crippen LogP contribution < -0.4 is 5.32 Å². The monoisotopic (exact) mass is 337 g/mol. The first-order valence-corrected chi connectivity index (χ1v) is 8.80. The van der Waals surface area contributed by atoms with Gasteiger partial charge in [0.05, 0.1) is 5.56 Å². The van der Waals surface area contributed by atoms with Crippen molar-refractivity contribution in [2.75, 3.05) is 0 Å². The quantitative estimate of drug-likeness (QED) is 0.840. The second-order valence-corrected chi connectivity index (χ2v) is 6.48. The number of amides is 1. The van der Waals surface area contributed by atoms with Crippen LogP contribution in [0.15, 0.2) is 54.6 Å². The van der Waals surface area contributed by atoms with Crippen LogP contribution in [0.1, 0.15) is 43.0 Å². The van der Waals surface area contributed by atoms with E-state index in [2.05, 4.69) is 5.32 Å². The molecule has 25 heavy (non-hydrogen) atoms. The Hall–Kier alpha value is -2.62. The molecule has 1 amide bonds. The van der Waals surface area contributed by atoms with Gasteiger partial charge in [0.25, 0.3) is 5.91 Å². The van der Waals surface area contributed by atoms with Crippen molar-refractivity contribution in [1.82, 2.24) is 5.32 Å². The molecule has 0 saturated heterocycles. The highest BCUT2D eigenvalue weighted by molar-refractivity contribution is 5.92. The number of hydrogen-bond acceptors (Lipinski definition) is 3. The van der Waals surface area contributed by atoms with Crippen LogP contribution >= 0.6 is 0 Å². The molecule has 0 bridgehead atoms. The summed E-state index contributed by atoms with van der Waals surface area (Å²) in [6.45, 7) is 1.61. The molecule has 2 aromatic carbocycles. The summed E-state index contributed by atoms with van der Waals surface area (Å²) in [7, 11) is 0.